The van der Waals surface area contributed by atoms with Gasteiger partial charge < -0.3 is 9.13 Å². The standard InChI is InChI=1S/C50H31N5S/c1-3-15-32(16-4-1)49-51-52-50(33-17-5-2-6-18-33)53(49)34-27-29-42-39(31-34)35-19-7-10-22-40(35)54(42)43-24-12-13-25-44(43)55-41-23-11-8-21-38(41)47-45(55)30-28-37-36-20-9-14-26-46(36)56-48(37)47/h1-31H. The van der Waals surface area contributed by atoms with Crippen molar-refractivity contribution in [1.82, 2.24) is 23.9 Å². The van der Waals surface area contributed by atoms with Gasteiger partial charge in [-0.25, -0.2) is 0 Å². The Bertz CT molecular complexity index is 3420. The molecule has 56 heavy (non-hydrogen) atoms. The third-order valence-corrected chi connectivity index (χ3v) is 12.4. The molecule has 8 aromatic carbocycles. The maximum atomic E-state index is 4.76. The van der Waals surface area contributed by atoms with Gasteiger partial charge in [-0.3, -0.25) is 4.57 Å². The maximum Gasteiger partial charge on any atom is 0.168 e. The highest BCUT2D eigenvalue weighted by molar-refractivity contribution is 7.26. The first-order valence-corrected chi connectivity index (χ1v) is 19.7. The zero-order valence-corrected chi connectivity index (χ0v) is 30.9. The molecule has 0 aliphatic rings. The van der Waals surface area contributed by atoms with Crippen LogP contribution in [0.5, 0.6) is 0 Å². The van der Waals surface area contributed by atoms with Crippen molar-refractivity contribution in [2.24, 2.45) is 0 Å². The molecule has 0 aliphatic carbocycles. The molecule has 0 unspecified atom stereocenters. The lowest BCUT2D eigenvalue weighted by Gasteiger charge is -2.17. The molecule has 6 heteroatoms. The predicted molar refractivity (Wildman–Crippen MR) is 234 cm³/mol. The number of thiophene rings is 1. The summed E-state index contributed by atoms with van der Waals surface area (Å²) in [6.45, 7) is 0. The molecule has 4 aromatic heterocycles. The summed E-state index contributed by atoms with van der Waals surface area (Å²) in [6, 6.07) is 67.3. The Hall–Kier alpha value is -7.28. The number of para-hydroxylation sites is 4. The minimum absolute atomic E-state index is 0.803. The van der Waals surface area contributed by atoms with Crippen LogP contribution in [-0.4, -0.2) is 23.9 Å². The van der Waals surface area contributed by atoms with Crippen LogP contribution < -0.4 is 0 Å². The molecule has 0 fully saturated rings. The fourth-order valence-corrected chi connectivity index (χ4v) is 10.0. The topological polar surface area (TPSA) is 40.6 Å². The van der Waals surface area contributed by atoms with Crippen LogP contribution in [0.1, 0.15) is 0 Å². The Morgan fingerprint density at radius 2 is 0.875 bits per heavy atom. The number of rotatable bonds is 5. The first-order valence-electron chi connectivity index (χ1n) is 18.8. The van der Waals surface area contributed by atoms with Gasteiger partial charge >= 0.3 is 0 Å². The molecule has 0 amide bonds. The van der Waals surface area contributed by atoms with Crippen LogP contribution in [0, 0.1) is 0 Å². The van der Waals surface area contributed by atoms with Crippen molar-refractivity contribution < 1.29 is 0 Å². The molecule has 0 bridgehead atoms. The highest BCUT2D eigenvalue weighted by atomic mass is 32.1. The lowest BCUT2D eigenvalue weighted by atomic mass is 10.1. The minimum Gasteiger partial charge on any atom is -0.307 e. The molecular weight excluding hydrogens is 703 g/mol. The molecule has 262 valence electrons. The summed E-state index contributed by atoms with van der Waals surface area (Å²) in [5.74, 6) is 1.61. The molecule has 0 N–H and O–H groups in total. The molecule has 5 nitrogen and oxygen atoms in total. The van der Waals surface area contributed by atoms with Crippen molar-refractivity contribution in [2.75, 3.05) is 0 Å². The monoisotopic (exact) mass is 733 g/mol. The zero-order chi connectivity index (χ0) is 36.7. The van der Waals surface area contributed by atoms with E-state index in [0.29, 0.717) is 0 Å². The molecular formula is C50H31N5S. The lowest BCUT2D eigenvalue weighted by Crippen LogP contribution is -2.03. The second-order valence-corrected chi connectivity index (χ2v) is 15.3. The average molecular weight is 734 g/mol. The van der Waals surface area contributed by atoms with Crippen LogP contribution >= 0.6 is 11.3 Å². The van der Waals surface area contributed by atoms with Crippen molar-refractivity contribution in [3.8, 4) is 39.8 Å². The van der Waals surface area contributed by atoms with Gasteiger partial charge in [0.2, 0.25) is 0 Å². The smallest absolute Gasteiger partial charge is 0.168 e. The number of aromatic nitrogens is 5. The van der Waals surface area contributed by atoms with Gasteiger partial charge in [0.05, 0.1) is 39.1 Å². The second kappa shape index (κ2) is 12.1. The SMILES string of the molecule is c1ccc(-c2nnc(-c3ccccc3)n2-c2ccc3c(c2)c2ccccc2n3-c2ccccc2-n2c3ccccc3c3c4sc5ccccc5c4ccc32)cc1. The van der Waals surface area contributed by atoms with Crippen molar-refractivity contribution in [2.45, 2.75) is 0 Å². The molecule has 12 rings (SSSR count). The van der Waals surface area contributed by atoms with Crippen molar-refractivity contribution in [3.05, 3.63) is 188 Å². The Labute approximate surface area is 325 Å². The van der Waals surface area contributed by atoms with E-state index < -0.39 is 0 Å². The van der Waals surface area contributed by atoms with Crippen molar-refractivity contribution in [3.63, 3.8) is 0 Å². The highest BCUT2D eigenvalue weighted by Gasteiger charge is 2.23. The van der Waals surface area contributed by atoms with E-state index in [1.165, 1.54) is 47.4 Å². The van der Waals surface area contributed by atoms with E-state index in [1.54, 1.807) is 0 Å². The summed E-state index contributed by atoms with van der Waals surface area (Å²) in [6.07, 6.45) is 0. The maximum absolute atomic E-state index is 4.76. The van der Waals surface area contributed by atoms with E-state index in [9.17, 15) is 0 Å². The van der Waals surface area contributed by atoms with Gasteiger partial charge in [0.1, 0.15) is 0 Å². The van der Waals surface area contributed by atoms with Gasteiger partial charge in [0, 0.05) is 52.8 Å². The van der Waals surface area contributed by atoms with Crippen LogP contribution in [0.4, 0.5) is 0 Å². The summed E-state index contributed by atoms with van der Waals surface area (Å²) in [4.78, 5) is 0. The van der Waals surface area contributed by atoms with Gasteiger partial charge in [-0.15, -0.1) is 21.5 Å². The van der Waals surface area contributed by atoms with E-state index in [0.717, 1.165) is 56.3 Å². The highest BCUT2D eigenvalue weighted by Crippen LogP contribution is 2.45. The van der Waals surface area contributed by atoms with Crippen LogP contribution in [0.25, 0.3) is 104 Å². The average Bonchev–Trinajstić information content (AvgIpc) is 4.03. The van der Waals surface area contributed by atoms with E-state index in [4.69, 9.17) is 10.2 Å². The first kappa shape index (κ1) is 31.1. The first-order chi connectivity index (χ1) is 27.8. The van der Waals surface area contributed by atoms with Crippen LogP contribution in [0.15, 0.2) is 188 Å². The second-order valence-electron chi connectivity index (χ2n) is 14.2. The van der Waals surface area contributed by atoms with Gasteiger partial charge in [0.15, 0.2) is 11.6 Å². The molecule has 0 saturated heterocycles. The summed E-state index contributed by atoms with van der Waals surface area (Å²) >= 11 is 1.89. The van der Waals surface area contributed by atoms with Gasteiger partial charge in [-0.05, 0) is 54.6 Å². The summed E-state index contributed by atoms with van der Waals surface area (Å²) in [5, 5.41) is 17.1. The molecule has 0 saturated carbocycles. The summed E-state index contributed by atoms with van der Waals surface area (Å²) in [5.41, 5.74) is 9.95. The molecule has 0 radical (unpaired) electrons. The number of hydrogen-bond donors (Lipinski definition) is 0. The molecule has 0 spiro atoms. The fourth-order valence-electron chi connectivity index (χ4n) is 8.77. The number of nitrogens with zero attached hydrogens (tertiary/aromatic N) is 5. The van der Waals surface area contributed by atoms with Crippen molar-refractivity contribution >= 4 is 75.1 Å². The number of fused-ring (bicyclic) bond motifs is 10. The fraction of sp³-hybridized carbons (Fsp3) is 0. The molecule has 12 aromatic rings. The number of benzene rings is 8. The van der Waals surface area contributed by atoms with E-state index in [2.05, 4.69) is 165 Å². The van der Waals surface area contributed by atoms with Gasteiger partial charge in [-0.2, -0.15) is 0 Å². The van der Waals surface area contributed by atoms with E-state index in [1.807, 2.05) is 47.7 Å². The predicted octanol–water partition coefficient (Wildman–Crippen LogP) is 13.2. The van der Waals surface area contributed by atoms with Gasteiger partial charge in [-0.1, -0.05) is 133 Å². The van der Waals surface area contributed by atoms with Crippen LogP contribution in [0.3, 0.4) is 0 Å². The zero-order valence-electron chi connectivity index (χ0n) is 30.0. The van der Waals surface area contributed by atoms with E-state index >= 15 is 0 Å². The Kier molecular flexibility index (Phi) is 6.73. The number of hydrogen-bond acceptors (Lipinski definition) is 3. The largest absolute Gasteiger partial charge is 0.307 e. The summed E-state index contributed by atoms with van der Waals surface area (Å²) in [7, 11) is 0. The molecule has 0 aliphatic heterocycles. The third-order valence-electron chi connectivity index (χ3n) is 11.2. The third kappa shape index (κ3) is 4.48. The Morgan fingerprint density at radius 3 is 1.57 bits per heavy atom. The lowest BCUT2D eigenvalue weighted by molar-refractivity contribution is 1.07. The normalized spacial score (nSPS) is 11.9. The quantitative estimate of drug-likeness (QED) is 0.177. The van der Waals surface area contributed by atoms with Crippen LogP contribution in [0.2, 0.25) is 0 Å². The molecule has 4 heterocycles. The Morgan fingerprint density at radius 1 is 0.357 bits per heavy atom. The van der Waals surface area contributed by atoms with Gasteiger partial charge in [0.25, 0.3) is 0 Å². The van der Waals surface area contributed by atoms with Crippen LogP contribution in [-0.2, 0) is 0 Å². The Balaban J connectivity index is 1.12. The molecule has 0 atom stereocenters. The van der Waals surface area contributed by atoms with E-state index in [-0.39, 0.29) is 0 Å². The minimum atomic E-state index is 0.803. The summed E-state index contributed by atoms with van der Waals surface area (Å²) < 4.78 is 9.74. The van der Waals surface area contributed by atoms with Crippen molar-refractivity contribution in [1.29, 1.82) is 0 Å².